The maximum absolute atomic E-state index is 14.5. The lowest BCUT2D eigenvalue weighted by molar-refractivity contribution is -0.142. The number of aliphatic hydroxyl groups excluding tert-OH is 4. The zero-order chi connectivity index (χ0) is 104. The Labute approximate surface area is 814 Å². The Morgan fingerprint density at radius 1 is 0.399 bits per heavy atom. The van der Waals surface area contributed by atoms with E-state index in [9.17, 15) is 127 Å². The molecule has 0 spiro atoms. The van der Waals surface area contributed by atoms with Crippen LogP contribution in [0.3, 0.4) is 0 Å². The number of rotatable bonds is 67. The number of aliphatic carboxylic acids is 2. The van der Waals surface area contributed by atoms with Gasteiger partial charge in [0.15, 0.2) is 11.9 Å². The number of hydrogen-bond donors (Lipinski definition) is 36. The van der Waals surface area contributed by atoms with Crippen molar-refractivity contribution in [3.05, 3.63) is 54.1 Å². The van der Waals surface area contributed by atoms with Gasteiger partial charge < -0.3 is 165 Å². The second kappa shape index (κ2) is 65.3. The topological polar surface area (TPSA) is 884 Å². The summed E-state index contributed by atoms with van der Waals surface area (Å²) in [5.74, 6) is -24.3. The number of thioether (sulfide) groups is 1. The third kappa shape index (κ3) is 45.7. The van der Waals surface area contributed by atoms with Gasteiger partial charge in [0.25, 0.3) is 0 Å². The van der Waals surface area contributed by atoms with Gasteiger partial charge in [0.05, 0.1) is 45.3 Å². The number of thiol groups is 3. The fourth-order valence-electron chi connectivity index (χ4n) is 12.2. The molecule has 54 nitrogen and oxygen atoms in total. The lowest BCUT2D eigenvalue weighted by Gasteiger charge is -2.27. The maximum atomic E-state index is 14.5. The minimum atomic E-state index is -2.00. The number of imidazole rings is 1. The van der Waals surface area contributed by atoms with Crippen LogP contribution in [-0.2, 0) is 109 Å². The number of nitrogens with zero attached hydrogens (tertiary/aromatic N) is 1. The molecule has 0 radical (unpaired) electrons. The fourth-order valence-corrected chi connectivity index (χ4v) is 13.4. The molecule has 0 unspecified atom stereocenters. The van der Waals surface area contributed by atoms with Crippen LogP contribution in [0.4, 0.5) is 0 Å². The second-order valence-corrected chi connectivity index (χ2v) is 33.7. The van der Waals surface area contributed by atoms with Gasteiger partial charge in [-0.2, -0.15) is 49.6 Å². The van der Waals surface area contributed by atoms with E-state index in [4.69, 9.17) is 33.8 Å². The number of guanidine groups is 2. The van der Waals surface area contributed by atoms with Gasteiger partial charge >= 0.3 is 11.9 Å². The van der Waals surface area contributed by atoms with Crippen molar-refractivity contribution in [3.63, 3.8) is 0 Å². The molecule has 772 valence electrons. The van der Waals surface area contributed by atoms with Crippen LogP contribution in [0.25, 0.3) is 0 Å². The molecular formula is C80H132N28O26S4. The van der Waals surface area contributed by atoms with Crippen LogP contribution in [0.1, 0.15) is 110 Å². The van der Waals surface area contributed by atoms with Crippen molar-refractivity contribution < 1.29 is 127 Å². The lowest BCUT2D eigenvalue weighted by atomic mass is 10.0. The van der Waals surface area contributed by atoms with E-state index >= 15 is 0 Å². The minimum absolute atomic E-state index is 0.0136. The van der Waals surface area contributed by atoms with Crippen molar-refractivity contribution in [2.75, 3.05) is 81.9 Å². The molecule has 18 amide bonds. The Balaban J connectivity index is 2.35. The van der Waals surface area contributed by atoms with E-state index in [1.54, 1.807) is 50.4 Å². The number of carboxylic acid groups (broad SMARTS) is 2. The van der Waals surface area contributed by atoms with Crippen LogP contribution in [0.2, 0.25) is 0 Å². The minimum Gasteiger partial charge on any atom is -0.481 e. The predicted molar refractivity (Wildman–Crippen MR) is 507 cm³/mol. The zero-order valence-electron chi connectivity index (χ0n) is 76.8. The molecule has 18 atom stereocenters. The monoisotopic (exact) mass is 2030 g/mol. The fraction of sp³-hybridized carbons (Fsp3) is 0.613. The van der Waals surface area contributed by atoms with Gasteiger partial charge in [0.1, 0.15) is 103 Å². The number of unbranched alkanes of at least 4 members (excludes halogenated alkanes) is 1. The van der Waals surface area contributed by atoms with E-state index in [0.717, 1.165) is 6.92 Å². The van der Waals surface area contributed by atoms with Crippen molar-refractivity contribution >= 4 is 180 Å². The summed E-state index contributed by atoms with van der Waals surface area (Å²) in [6, 6.07) is -20.1. The normalized spacial score (nSPS) is 14.9. The number of aromatic nitrogens is 2. The van der Waals surface area contributed by atoms with E-state index in [2.05, 4.69) is 138 Å². The smallest absolute Gasteiger partial charge is 0.325 e. The van der Waals surface area contributed by atoms with Gasteiger partial charge in [0.2, 0.25) is 106 Å². The summed E-state index contributed by atoms with van der Waals surface area (Å²) in [7, 11) is 0. The molecule has 2 aromatic rings. The molecule has 1 aromatic heterocycles. The second-order valence-electron chi connectivity index (χ2n) is 31.6. The van der Waals surface area contributed by atoms with Crippen molar-refractivity contribution in [3.8, 4) is 0 Å². The summed E-state index contributed by atoms with van der Waals surface area (Å²) in [6.07, 6.45) is 2.07. The summed E-state index contributed by atoms with van der Waals surface area (Å²) in [5, 5.41) is 122. The van der Waals surface area contributed by atoms with Crippen LogP contribution >= 0.6 is 49.6 Å². The number of carbonyl (C=O) groups excluding carboxylic acids is 18. The van der Waals surface area contributed by atoms with E-state index in [0.29, 0.717) is 5.56 Å². The molecule has 0 bridgehead atoms. The lowest BCUT2D eigenvalue weighted by Crippen LogP contribution is -2.62. The first-order chi connectivity index (χ1) is 65.3. The summed E-state index contributed by atoms with van der Waals surface area (Å²) >= 11 is 13.9. The standard InChI is InChI=1S/C80H132N28O26S4/c1-38(2)60(82)77(132)93-39(3)61(116)92-40(4)62(117)101-49(26-42-14-8-7-9-15-42)69(124)96-45(17-12-23-88-79(83)84)65(120)100-48(21-25-138-6)68(123)103-51(30-109)71(126)97-46(18-13-24-89-80(85)86)67(122)106-55(34-135)63(118)90-29-58(113)95-50(27-43-28-87-37-91-43)70(125)107-57(36-137)76(131)108-56(35-136)75(130)98-44(16-10-11-22-81)66(121)102-53(32-111)73(128)105-54(33-112)74(129)104-52(31-110)72(127)99-47(19-20-59(114)115)64(119)94-41(5)78(133)134/h7-9,14-15,28,37-41,44-57,60,109-112,135-137H,10-13,16-27,29-36,81-82H2,1-6H3,(H,87,91)(H,90,118)(H,92,116)(H,93,132)(H,94,119)(H,95,113)(H,96,124)(H,97,126)(H,98,130)(H,99,127)(H,100,120)(H,101,117)(H,102,121)(H,103,123)(H,104,129)(H,105,128)(H,106,122)(H,107,125)(H,108,131)(H,114,115)(H,133,134)(H4,83,84,88)(H4,85,86,89)/t39-,40-,41-,44-,45-,46-,47-,48-,49-,50-,51-,52-,53-,54-,55-,56-,57-,60-/m0/s1. The molecule has 1 aromatic carbocycles. The number of carbonyl (C=O) groups is 20. The molecule has 2 rings (SSSR count). The Morgan fingerprint density at radius 3 is 1.10 bits per heavy atom. The highest BCUT2D eigenvalue weighted by Gasteiger charge is 2.39. The molecule has 0 fully saturated rings. The zero-order valence-corrected chi connectivity index (χ0v) is 80.3. The number of H-pyrrole nitrogens is 1. The molecular weight excluding hydrogens is 1900 g/mol. The Hall–Kier alpha value is -12.5. The largest absolute Gasteiger partial charge is 0.481 e. The Bertz CT molecular complexity index is 4410. The van der Waals surface area contributed by atoms with Crippen molar-refractivity contribution in [1.29, 1.82) is 10.8 Å². The molecule has 0 aliphatic heterocycles. The van der Waals surface area contributed by atoms with E-state index in [1.807, 2.05) is 16.0 Å². The van der Waals surface area contributed by atoms with Crippen LogP contribution in [-0.4, -0.2) is 361 Å². The Morgan fingerprint density at radius 2 is 0.732 bits per heavy atom. The summed E-state index contributed by atoms with van der Waals surface area (Å²) in [6.45, 7) is 1.60. The number of aromatic amines is 1. The third-order valence-corrected chi connectivity index (χ3v) is 22.0. The highest BCUT2D eigenvalue weighted by Crippen LogP contribution is 2.13. The molecule has 58 heteroatoms. The van der Waals surface area contributed by atoms with Gasteiger partial charge in [-0.3, -0.25) is 107 Å². The first-order valence-electron chi connectivity index (χ1n) is 43.5. The maximum Gasteiger partial charge on any atom is 0.325 e. The first kappa shape index (κ1) is 122. The van der Waals surface area contributed by atoms with Crippen LogP contribution in [0.15, 0.2) is 42.9 Å². The average Bonchev–Trinajstić information content (AvgIpc) is 1.15. The van der Waals surface area contributed by atoms with Gasteiger partial charge in [-0.1, -0.05) is 44.2 Å². The molecule has 0 saturated carbocycles. The molecule has 37 N–H and O–H groups in total. The Kier molecular flexibility index (Phi) is 57.6. The molecule has 1 heterocycles. The van der Waals surface area contributed by atoms with Crippen LogP contribution in [0.5, 0.6) is 0 Å². The number of nitrogens with two attached hydrogens (primary N) is 4. The number of carboxylic acids is 2. The number of benzene rings is 1. The van der Waals surface area contributed by atoms with Gasteiger partial charge in [0, 0.05) is 61.5 Å². The van der Waals surface area contributed by atoms with E-state index in [-0.39, 0.29) is 101 Å². The van der Waals surface area contributed by atoms with Crippen LogP contribution in [0, 0.1) is 16.7 Å². The van der Waals surface area contributed by atoms with E-state index < -0.39 is 302 Å². The van der Waals surface area contributed by atoms with Gasteiger partial charge in [-0.25, -0.2) is 4.98 Å². The number of nitrogens with one attached hydrogen (secondary N) is 23. The van der Waals surface area contributed by atoms with E-state index in [1.165, 1.54) is 38.1 Å². The number of aliphatic hydroxyl groups is 4. The summed E-state index contributed by atoms with van der Waals surface area (Å²) in [4.78, 5) is 277. The predicted octanol–water partition coefficient (Wildman–Crippen LogP) is -13.3. The number of hydrogen-bond acceptors (Lipinski definition) is 33. The molecule has 138 heavy (non-hydrogen) atoms. The highest BCUT2D eigenvalue weighted by molar-refractivity contribution is 7.98. The first-order valence-corrected chi connectivity index (χ1v) is 46.8. The van der Waals surface area contributed by atoms with Gasteiger partial charge in [-0.05, 0) is 109 Å². The highest BCUT2D eigenvalue weighted by atomic mass is 32.2. The molecule has 0 saturated heterocycles. The third-order valence-electron chi connectivity index (χ3n) is 20.3. The summed E-state index contributed by atoms with van der Waals surface area (Å²) < 4.78 is 0. The SMILES string of the molecule is CSCC[C@H](NC(=O)[C@H](CCCNC(=N)N)NC(=O)[C@H](Cc1ccccc1)NC(=O)[C@H](C)NC(=O)[C@H](C)NC(=O)[C@@H](N)C(C)C)C(=O)N[C@@H](CO)C(=O)N[C@@H](CCCNC(=N)N)C(=O)N[C@@H](CS)C(=O)NCC(=O)N[C@@H](Cc1cnc[nH]1)C(=O)N[C@@H](CS)C(=O)N[C@@H](CS)C(=O)N[C@@H](CCCCN)C(=O)N[C@@H](CO)C(=O)N[C@@H](CO)C(=O)N[C@@H](CO)C(=O)N[C@@H](CCC(=O)O)C(=O)N[C@@H](C)C(=O)O. The quantitative estimate of drug-likeness (QED) is 0.0127. The van der Waals surface area contributed by atoms with Crippen LogP contribution < -0.4 is 129 Å². The van der Waals surface area contributed by atoms with Crippen molar-refractivity contribution in [2.45, 2.75) is 220 Å². The van der Waals surface area contributed by atoms with Gasteiger partial charge in [-0.15, -0.1) is 0 Å². The van der Waals surface area contributed by atoms with Crippen molar-refractivity contribution in [1.82, 2.24) is 116 Å². The van der Waals surface area contributed by atoms with Crippen molar-refractivity contribution in [2.24, 2.45) is 28.9 Å². The number of amides is 18. The molecule has 0 aliphatic carbocycles. The summed E-state index contributed by atoms with van der Waals surface area (Å²) in [5.41, 5.74) is 23.4. The average molecular weight is 2030 g/mol. The molecule has 0 aliphatic rings.